The minimum atomic E-state index is 0.692. The van der Waals surface area contributed by atoms with E-state index in [0.717, 1.165) is 28.1 Å². The first kappa shape index (κ1) is 14.7. The van der Waals surface area contributed by atoms with E-state index >= 15 is 0 Å². The summed E-state index contributed by atoms with van der Waals surface area (Å²) in [4.78, 5) is 0. The van der Waals surface area contributed by atoms with Gasteiger partial charge in [-0.2, -0.15) is 5.10 Å². The molecule has 0 atom stereocenters. The molecular weight excluding hydrogens is 316 g/mol. The molecule has 0 aliphatic heterocycles. The van der Waals surface area contributed by atoms with E-state index in [0.29, 0.717) is 5.02 Å². The molecule has 0 aliphatic carbocycles. The Bertz CT molecular complexity index is 762. The van der Waals surface area contributed by atoms with Gasteiger partial charge in [0.1, 0.15) is 5.69 Å². The quantitative estimate of drug-likeness (QED) is 0.562. The van der Waals surface area contributed by atoms with Crippen LogP contribution in [0.3, 0.4) is 0 Å². The maximum atomic E-state index is 6.16. The molecule has 22 heavy (non-hydrogen) atoms. The van der Waals surface area contributed by atoms with Gasteiger partial charge in [-0.25, -0.2) is 0 Å². The third-order valence-electron chi connectivity index (χ3n) is 3.20. The zero-order valence-corrected chi connectivity index (χ0v) is 13.4. The van der Waals surface area contributed by atoms with Gasteiger partial charge in [0.2, 0.25) is 0 Å². The van der Waals surface area contributed by atoms with E-state index in [2.05, 4.69) is 20.1 Å². The first-order valence-electron chi connectivity index (χ1n) is 6.66. The molecule has 110 valence electrons. The second kappa shape index (κ2) is 6.68. The minimum absolute atomic E-state index is 0.692. The predicted molar refractivity (Wildman–Crippen MR) is 92.8 cm³/mol. The Morgan fingerprint density at radius 1 is 1.18 bits per heavy atom. The largest absolute Gasteiger partial charge is 0.279 e. The molecule has 0 saturated carbocycles. The number of nitrogens with zero attached hydrogens (tertiary/aromatic N) is 3. The van der Waals surface area contributed by atoms with E-state index in [1.54, 1.807) is 6.21 Å². The molecule has 2 aromatic carbocycles. The van der Waals surface area contributed by atoms with Gasteiger partial charge in [-0.1, -0.05) is 40.4 Å². The number of aromatic nitrogens is 2. The molecule has 0 spiro atoms. The Hall–Kier alpha value is -2.24. The summed E-state index contributed by atoms with van der Waals surface area (Å²) < 4.78 is 3.86. The second-order valence-corrected chi connectivity index (χ2v) is 5.72. The van der Waals surface area contributed by atoms with Crippen molar-refractivity contribution in [2.75, 3.05) is 5.43 Å². The summed E-state index contributed by atoms with van der Waals surface area (Å²) in [5, 5.41) is 10.9. The van der Waals surface area contributed by atoms with Crippen LogP contribution in [0.4, 0.5) is 5.69 Å². The van der Waals surface area contributed by atoms with Crippen molar-refractivity contribution in [1.82, 2.24) is 9.59 Å². The summed E-state index contributed by atoms with van der Waals surface area (Å²) in [6.07, 6.45) is 1.73. The average molecular weight is 329 g/mol. The molecule has 0 saturated heterocycles. The van der Waals surface area contributed by atoms with Gasteiger partial charge in [0.05, 0.1) is 11.9 Å². The Balaban J connectivity index is 1.70. The molecule has 3 aromatic rings. The highest BCUT2D eigenvalue weighted by Crippen LogP contribution is 2.20. The van der Waals surface area contributed by atoms with Crippen molar-refractivity contribution < 1.29 is 0 Å². The molecule has 0 aliphatic rings. The molecule has 1 heterocycles. The number of hydrogen-bond donors (Lipinski definition) is 1. The zero-order valence-electron chi connectivity index (χ0n) is 11.8. The van der Waals surface area contributed by atoms with Crippen molar-refractivity contribution in [3.8, 4) is 11.3 Å². The van der Waals surface area contributed by atoms with Crippen LogP contribution in [-0.2, 0) is 0 Å². The molecule has 4 nitrogen and oxygen atoms in total. The number of hydrazone groups is 1. The molecule has 0 amide bonds. The van der Waals surface area contributed by atoms with Gasteiger partial charge >= 0.3 is 0 Å². The summed E-state index contributed by atoms with van der Waals surface area (Å²) in [6, 6.07) is 13.6. The van der Waals surface area contributed by atoms with E-state index in [1.807, 2.05) is 54.8 Å². The lowest BCUT2D eigenvalue weighted by atomic mass is 10.1. The summed E-state index contributed by atoms with van der Waals surface area (Å²) in [5.74, 6) is 0. The fraction of sp³-hybridized carbons (Fsp3) is 0.0625. The fourth-order valence-corrected chi connectivity index (χ4v) is 2.72. The summed E-state index contributed by atoms with van der Waals surface area (Å²) in [7, 11) is 0. The summed E-state index contributed by atoms with van der Waals surface area (Å²) in [5.41, 5.74) is 7.81. The lowest BCUT2D eigenvalue weighted by Crippen LogP contribution is -1.93. The van der Waals surface area contributed by atoms with E-state index < -0.39 is 0 Å². The van der Waals surface area contributed by atoms with Crippen molar-refractivity contribution in [3.63, 3.8) is 0 Å². The van der Waals surface area contributed by atoms with Gasteiger partial charge in [-0.15, -0.1) is 5.10 Å². The van der Waals surface area contributed by atoms with Crippen LogP contribution in [0.25, 0.3) is 11.3 Å². The van der Waals surface area contributed by atoms with Crippen LogP contribution >= 0.6 is 23.1 Å². The van der Waals surface area contributed by atoms with Crippen molar-refractivity contribution in [3.05, 3.63) is 64.0 Å². The zero-order chi connectivity index (χ0) is 15.4. The van der Waals surface area contributed by atoms with Gasteiger partial charge in [-0.3, -0.25) is 5.43 Å². The van der Waals surface area contributed by atoms with E-state index in [4.69, 9.17) is 11.6 Å². The SMILES string of the molecule is Cc1cccc(Cl)c1/C=N\Nc1ccc(-c2csnn2)cc1. The number of benzene rings is 2. The number of halogens is 1. The maximum absolute atomic E-state index is 6.16. The van der Waals surface area contributed by atoms with Crippen LogP contribution in [0.1, 0.15) is 11.1 Å². The monoisotopic (exact) mass is 328 g/mol. The van der Waals surface area contributed by atoms with E-state index in [9.17, 15) is 0 Å². The number of rotatable bonds is 4. The molecular formula is C16H13ClN4S. The normalized spacial score (nSPS) is 11.0. The van der Waals surface area contributed by atoms with Gasteiger partial charge < -0.3 is 0 Å². The van der Waals surface area contributed by atoms with Crippen LogP contribution in [0.5, 0.6) is 0 Å². The topological polar surface area (TPSA) is 50.2 Å². The Labute approximate surface area is 137 Å². The second-order valence-electron chi connectivity index (χ2n) is 4.71. The molecule has 0 fully saturated rings. The third-order valence-corrected chi connectivity index (χ3v) is 4.03. The summed E-state index contributed by atoms with van der Waals surface area (Å²) in [6.45, 7) is 2.00. The Morgan fingerprint density at radius 2 is 2.00 bits per heavy atom. The van der Waals surface area contributed by atoms with E-state index in [-0.39, 0.29) is 0 Å². The molecule has 1 aromatic heterocycles. The highest BCUT2D eigenvalue weighted by molar-refractivity contribution is 7.03. The van der Waals surface area contributed by atoms with Crippen LogP contribution in [0.2, 0.25) is 5.02 Å². The highest BCUT2D eigenvalue weighted by Gasteiger charge is 2.01. The van der Waals surface area contributed by atoms with Crippen molar-refractivity contribution >= 4 is 35.0 Å². The van der Waals surface area contributed by atoms with E-state index in [1.165, 1.54) is 11.5 Å². The maximum Gasteiger partial charge on any atom is 0.105 e. The lowest BCUT2D eigenvalue weighted by molar-refractivity contribution is 1.16. The van der Waals surface area contributed by atoms with Gasteiger partial charge in [0.25, 0.3) is 0 Å². The standard InChI is InChI=1S/C16H13ClN4S/c1-11-3-2-4-15(17)14(11)9-18-19-13-7-5-12(6-8-13)16-10-22-21-20-16/h2-10,19H,1H3/b18-9-. The first-order valence-corrected chi connectivity index (χ1v) is 7.87. The van der Waals surface area contributed by atoms with Crippen molar-refractivity contribution in [1.29, 1.82) is 0 Å². The van der Waals surface area contributed by atoms with Crippen molar-refractivity contribution in [2.24, 2.45) is 5.10 Å². The number of aryl methyl sites for hydroxylation is 1. The molecule has 3 rings (SSSR count). The minimum Gasteiger partial charge on any atom is -0.279 e. The first-order chi connectivity index (χ1) is 10.7. The molecule has 1 N–H and O–H groups in total. The Kier molecular flexibility index (Phi) is 4.46. The number of hydrogen-bond acceptors (Lipinski definition) is 5. The highest BCUT2D eigenvalue weighted by atomic mass is 35.5. The number of nitrogens with one attached hydrogen (secondary N) is 1. The van der Waals surface area contributed by atoms with Gasteiger partial charge in [0, 0.05) is 21.5 Å². The molecule has 0 bridgehead atoms. The molecule has 6 heteroatoms. The summed E-state index contributed by atoms with van der Waals surface area (Å²) >= 11 is 7.50. The van der Waals surface area contributed by atoms with Gasteiger partial charge in [-0.05, 0) is 42.2 Å². The average Bonchev–Trinajstić information content (AvgIpc) is 3.05. The van der Waals surface area contributed by atoms with Crippen LogP contribution in [0, 0.1) is 6.92 Å². The third kappa shape index (κ3) is 3.32. The van der Waals surface area contributed by atoms with Crippen LogP contribution in [0.15, 0.2) is 52.9 Å². The molecule has 0 radical (unpaired) electrons. The molecule has 0 unspecified atom stereocenters. The Morgan fingerprint density at radius 3 is 2.68 bits per heavy atom. The van der Waals surface area contributed by atoms with Crippen LogP contribution < -0.4 is 5.43 Å². The predicted octanol–water partition coefficient (Wildman–Crippen LogP) is 4.61. The van der Waals surface area contributed by atoms with Crippen molar-refractivity contribution in [2.45, 2.75) is 6.92 Å². The van der Waals surface area contributed by atoms with Gasteiger partial charge in [0.15, 0.2) is 0 Å². The van der Waals surface area contributed by atoms with Crippen LogP contribution in [-0.4, -0.2) is 15.8 Å². The lowest BCUT2D eigenvalue weighted by Gasteiger charge is -2.04. The fourth-order valence-electron chi connectivity index (χ4n) is 1.99. The number of anilines is 1. The smallest absolute Gasteiger partial charge is 0.105 e.